The van der Waals surface area contributed by atoms with Crippen LogP contribution in [0.4, 0.5) is 0 Å². The Kier molecular flexibility index (Phi) is 5.80. The molecule has 0 fully saturated rings. The summed E-state index contributed by atoms with van der Waals surface area (Å²) in [6.45, 7) is 14.2. The number of hydrogen-bond acceptors (Lipinski definition) is 4. The third-order valence-electron chi connectivity index (χ3n) is 5.98. The summed E-state index contributed by atoms with van der Waals surface area (Å²) < 4.78 is 3.02. The molecule has 0 saturated heterocycles. The first kappa shape index (κ1) is 22.1. The molecule has 2 atom stereocenters. The zero-order valence-corrected chi connectivity index (χ0v) is 19.1. The normalized spacial score (nSPS) is 16.1. The van der Waals surface area contributed by atoms with E-state index in [0.717, 1.165) is 18.5 Å². The summed E-state index contributed by atoms with van der Waals surface area (Å²) in [7, 11) is 0. The Bertz CT molecular complexity index is 1040. The number of carbonyl (C=O) groups is 2. The molecule has 2 aromatic heterocycles. The molecule has 164 valence electrons. The molecule has 1 aliphatic heterocycles. The van der Waals surface area contributed by atoms with Crippen molar-refractivity contribution in [1.82, 2.24) is 24.4 Å². The van der Waals surface area contributed by atoms with Crippen molar-refractivity contribution >= 4 is 17.5 Å². The number of amides is 2. The summed E-state index contributed by atoms with van der Waals surface area (Å²) in [4.78, 5) is 40.9. The first-order valence-electron chi connectivity index (χ1n) is 10.8. The van der Waals surface area contributed by atoms with Crippen LogP contribution < -0.4 is 10.9 Å². The van der Waals surface area contributed by atoms with Crippen LogP contribution in [-0.2, 0) is 23.3 Å². The van der Waals surface area contributed by atoms with E-state index in [0.29, 0.717) is 16.9 Å². The predicted octanol–water partition coefficient (Wildman–Crippen LogP) is 2.46. The molecule has 1 aliphatic rings. The highest BCUT2D eigenvalue weighted by molar-refractivity contribution is 5.98. The van der Waals surface area contributed by atoms with Crippen molar-refractivity contribution in [2.24, 2.45) is 0 Å². The highest BCUT2D eigenvalue weighted by atomic mass is 16.2. The van der Waals surface area contributed by atoms with E-state index >= 15 is 0 Å². The van der Waals surface area contributed by atoms with Crippen molar-refractivity contribution in [3.63, 3.8) is 0 Å². The van der Waals surface area contributed by atoms with Gasteiger partial charge in [-0.2, -0.15) is 9.61 Å². The SMILES string of the molecule is CC[C@@H](C)NC(=O)Cn1c2c(c(=O)n3nc(C(C)(C)C)cc13)CN([C@H](C)CC)C2=O. The van der Waals surface area contributed by atoms with Gasteiger partial charge in [-0.15, -0.1) is 0 Å². The lowest BCUT2D eigenvalue weighted by atomic mass is 9.93. The quantitative estimate of drug-likeness (QED) is 0.785. The molecular formula is C22H33N5O3. The third kappa shape index (κ3) is 3.75. The predicted molar refractivity (Wildman–Crippen MR) is 116 cm³/mol. The minimum atomic E-state index is -0.284. The number of carbonyl (C=O) groups excluding carboxylic acids is 2. The van der Waals surface area contributed by atoms with Crippen molar-refractivity contribution in [2.45, 2.75) is 91.9 Å². The van der Waals surface area contributed by atoms with E-state index in [-0.39, 0.29) is 48.0 Å². The summed E-state index contributed by atoms with van der Waals surface area (Å²) >= 11 is 0. The Morgan fingerprint density at radius 1 is 1.20 bits per heavy atom. The van der Waals surface area contributed by atoms with Crippen molar-refractivity contribution < 1.29 is 9.59 Å². The number of fused-ring (bicyclic) bond motifs is 2. The fourth-order valence-electron chi connectivity index (χ4n) is 3.65. The number of nitrogens with one attached hydrogen (secondary N) is 1. The van der Waals surface area contributed by atoms with Gasteiger partial charge in [0.15, 0.2) is 0 Å². The molecule has 3 heterocycles. The monoisotopic (exact) mass is 415 g/mol. The Hall–Kier alpha value is -2.64. The molecule has 0 aliphatic carbocycles. The summed E-state index contributed by atoms with van der Waals surface area (Å²) in [6.07, 6.45) is 1.60. The molecule has 0 unspecified atom stereocenters. The second kappa shape index (κ2) is 7.89. The van der Waals surface area contributed by atoms with Gasteiger partial charge in [-0.3, -0.25) is 14.4 Å². The molecule has 1 N–H and O–H groups in total. The third-order valence-corrected chi connectivity index (χ3v) is 5.98. The zero-order valence-electron chi connectivity index (χ0n) is 19.1. The smallest absolute Gasteiger partial charge is 0.280 e. The minimum absolute atomic E-state index is 0.00384. The summed E-state index contributed by atoms with van der Waals surface area (Å²) in [5.74, 6) is -0.390. The molecule has 2 amide bonds. The minimum Gasteiger partial charge on any atom is -0.352 e. The summed E-state index contributed by atoms with van der Waals surface area (Å²) in [6, 6.07) is 1.85. The van der Waals surface area contributed by atoms with Crippen LogP contribution in [-0.4, -0.2) is 43.0 Å². The fraction of sp³-hybridized carbons (Fsp3) is 0.636. The number of hydrogen-bond donors (Lipinski definition) is 1. The Morgan fingerprint density at radius 2 is 1.87 bits per heavy atom. The number of nitrogens with zero attached hydrogens (tertiary/aromatic N) is 4. The van der Waals surface area contributed by atoms with E-state index < -0.39 is 0 Å². The van der Waals surface area contributed by atoms with Crippen LogP contribution in [0.2, 0.25) is 0 Å². The van der Waals surface area contributed by atoms with Crippen LogP contribution in [0.15, 0.2) is 10.9 Å². The van der Waals surface area contributed by atoms with Crippen LogP contribution in [0.25, 0.3) is 5.65 Å². The second-order valence-corrected chi connectivity index (χ2v) is 9.34. The molecule has 0 spiro atoms. The molecule has 2 aromatic rings. The standard InChI is InChI=1S/C22H33N5O3/c1-8-13(3)23-17(28)12-26-18-10-16(22(5,6)7)24-27(18)20(29)15-11-25(14(4)9-2)21(30)19(15)26/h10,13-14H,8-9,11-12H2,1-7H3,(H,23,28)/t13-,14-/m1/s1. The van der Waals surface area contributed by atoms with Crippen LogP contribution in [0, 0.1) is 0 Å². The molecule has 0 bridgehead atoms. The molecule has 0 aromatic carbocycles. The highest BCUT2D eigenvalue weighted by Gasteiger charge is 2.37. The first-order chi connectivity index (χ1) is 14.0. The number of aromatic nitrogens is 3. The Balaban J connectivity index is 2.21. The van der Waals surface area contributed by atoms with Gasteiger partial charge in [0.2, 0.25) is 5.91 Å². The molecule has 0 radical (unpaired) electrons. The molecular weight excluding hydrogens is 382 g/mol. The second-order valence-electron chi connectivity index (χ2n) is 9.34. The van der Waals surface area contributed by atoms with Crippen LogP contribution in [0.5, 0.6) is 0 Å². The van der Waals surface area contributed by atoms with Gasteiger partial charge < -0.3 is 14.8 Å². The van der Waals surface area contributed by atoms with Crippen molar-refractivity contribution in [3.8, 4) is 0 Å². The van der Waals surface area contributed by atoms with E-state index in [4.69, 9.17) is 0 Å². The van der Waals surface area contributed by atoms with Gasteiger partial charge in [-0.05, 0) is 26.7 Å². The highest BCUT2D eigenvalue weighted by Crippen LogP contribution is 2.27. The van der Waals surface area contributed by atoms with Crippen LogP contribution >= 0.6 is 0 Å². The van der Waals surface area contributed by atoms with Crippen LogP contribution in [0.1, 0.15) is 83.1 Å². The van der Waals surface area contributed by atoms with Crippen molar-refractivity contribution in [2.75, 3.05) is 0 Å². The average Bonchev–Trinajstić information content (AvgIpc) is 3.27. The largest absolute Gasteiger partial charge is 0.352 e. The maximum Gasteiger partial charge on any atom is 0.280 e. The Morgan fingerprint density at radius 3 is 2.43 bits per heavy atom. The molecule has 3 rings (SSSR count). The van der Waals surface area contributed by atoms with Gasteiger partial charge in [0.05, 0.1) is 17.8 Å². The topological polar surface area (TPSA) is 88.7 Å². The molecule has 0 saturated carbocycles. The maximum absolute atomic E-state index is 13.3. The number of rotatable bonds is 6. The summed E-state index contributed by atoms with van der Waals surface area (Å²) in [5.41, 5.74) is 1.38. The first-order valence-corrected chi connectivity index (χ1v) is 10.8. The Labute approximate surface area is 177 Å². The van der Waals surface area contributed by atoms with Crippen molar-refractivity contribution in [1.29, 1.82) is 0 Å². The molecule has 30 heavy (non-hydrogen) atoms. The van der Waals surface area contributed by atoms with E-state index in [1.807, 2.05) is 54.5 Å². The van der Waals surface area contributed by atoms with E-state index in [9.17, 15) is 14.4 Å². The molecule has 8 nitrogen and oxygen atoms in total. The van der Waals surface area contributed by atoms with Gasteiger partial charge in [-0.1, -0.05) is 34.6 Å². The van der Waals surface area contributed by atoms with Gasteiger partial charge >= 0.3 is 0 Å². The van der Waals surface area contributed by atoms with E-state index in [2.05, 4.69) is 10.4 Å². The lowest BCUT2D eigenvalue weighted by Crippen LogP contribution is -2.37. The van der Waals surface area contributed by atoms with Gasteiger partial charge in [0.25, 0.3) is 11.5 Å². The average molecular weight is 416 g/mol. The van der Waals surface area contributed by atoms with Gasteiger partial charge in [-0.25, -0.2) is 0 Å². The lowest BCUT2D eigenvalue weighted by Gasteiger charge is -2.22. The zero-order chi connectivity index (χ0) is 22.4. The maximum atomic E-state index is 13.3. The fourth-order valence-corrected chi connectivity index (χ4v) is 3.65. The summed E-state index contributed by atoms with van der Waals surface area (Å²) in [5, 5.41) is 7.50. The van der Waals surface area contributed by atoms with Crippen LogP contribution in [0.3, 0.4) is 0 Å². The lowest BCUT2D eigenvalue weighted by molar-refractivity contribution is -0.122. The van der Waals surface area contributed by atoms with Crippen molar-refractivity contribution in [3.05, 3.63) is 33.4 Å². The molecule has 8 heteroatoms. The van der Waals surface area contributed by atoms with Gasteiger partial charge in [0.1, 0.15) is 17.9 Å². The van der Waals surface area contributed by atoms with Gasteiger partial charge in [0, 0.05) is 23.6 Å². The van der Waals surface area contributed by atoms with E-state index in [1.54, 1.807) is 9.47 Å². The van der Waals surface area contributed by atoms with E-state index in [1.165, 1.54) is 4.52 Å².